The van der Waals surface area contributed by atoms with Crippen molar-refractivity contribution in [1.29, 1.82) is 0 Å². The average Bonchev–Trinajstić information content (AvgIpc) is 3.12. The molecule has 0 saturated heterocycles. The zero-order chi connectivity index (χ0) is 29.8. The molecule has 212 valence electrons. The number of amides is 1. The third kappa shape index (κ3) is 5.86. The smallest absolute Gasteiger partial charge is 0.416 e. The standard InChI is InChI=1S/C30H31F3N2O4S/c1-28(2,3)23-14-17(15-24(26(23)36)29(4,5)6)13-22-21-16-20(11-12-25(21)34-27(22)37)40(38,39)35-19-9-7-18(8-10-19)30(31,32)33/h7-16,35-36H,1-6H3,(H,34,37). The molecule has 0 saturated carbocycles. The molecule has 1 aliphatic heterocycles. The second-order valence-electron chi connectivity index (χ2n) is 11.9. The van der Waals surface area contributed by atoms with Crippen LogP contribution in [0.1, 0.15) is 69.4 Å². The Kier molecular flexibility index (Phi) is 7.07. The van der Waals surface area contributed by atoms with Gasteiger partial charge >= 0.3 is 6.18 Å². The summed E-state index contributed by atoms with van der Waals surface area (Å²) in [6.45, 7) is 11.9. The van der Waals surface area contributed by atoms with Gasteiger partial charge in [-0.15, -0.1) is 0 Å². The monoisotopic (exact) mass is 572 g/mol. The number of hydrogen-bond donors (Lipinski definition) is 3. The molecule has 0 unspecified atom stereocenters. The second-order valence-corrected chi connectivity index (χ2v) is 13.5. The van der Waals surface area contributed by atoms with E-state index in [4.69, 9.17) is 0 Å². The number of aromatic hydroxyl groups is 1. The molecule has 0 fully saturated rings. The van der Waals surface area contributed by atoms with Gasteiger partial charge in [-0.2, -0.15) is 13.2 Å². The van der Waals surface area contributed by atoms with E-state index < -0.39 is 27.7 Å². The van der Waals surface area contributed by atoms with Crippen molar-refractivity contribution >= 4 is 39.0 Å². The number of nitrogens with one attached hydrogen (secondary N) is 2. The molecule has 0 aliphatic carbocycles. The van der Waals surface area contributed by atoms with Gasteiger partial charge in [-0.3, -0.25) is 9.52 Å². The van der Waals surface area contributed by atoms with E-state index in [1.165, 1.54) is 18.2 Å². The first-order valence-electron chi connectivity index (χ1n) is 12.5. The first-order chi connectivity index (χ1) is 18.3. The van der Waals surface area contributed by atoms with E-state index in [-0.39, 0.29) is 32.7 Å². The fourth-order valence-corrected chi connectivity index (χ4v) is 5.55. The summed E-state index contributed by atoms with van der Waals surface area (Å²) in [6, 6.07) is 11.4. The van der Waals surface area contributed by atoms with Gasteiger partial charge in [-0.1, -0.05) is 41.5 Å². The van der Waals surface area contributed by atoms with Crippen molar-refractivity contribution in [3.05, 3.63) is 82.4 Å². The van der Waals surface area contributed by atoms with Crippen LogP contribution < -0.4 is 10.0 Å². The van der Waals surface area contributed by atoms with Gasteiger partial charge in [0.2, 0.25) is 0 Å². The number of phenolic OH excluding ortho intramolecular Hbond substituents is 1. The zero-order valence-electron chi connectivity index (χ0n) is 23.0. The number of benzene rings is 3. The Morgan fingerprint density at radius 2 is 1.40 bits per heavy atom. The van der Waals surface area contributed by atoms with Gasteiger partial charge in [0.15, 0.2) is 0 Å². The summed E-state index contributed by atoms with van der Waals surface area (Å²) in [7, 11) is -4.19. The van der Waals surface area contributed by atoms with Crippen LogP contribution in [0, 0.1) is 0 Å². The van der Waals surface area contributed by atoms with Crippen LogP contribution in [0.5, 0.6) is 5.75 Å². The predicted octanol–water partition coefficient (Wildman–Crippen LogP) is 7.30. The predicted molar refractivity (Wildman–Crippen MR) is 151 cm³/mol. The maximum Gasteiger partial charge on any atom is 0.416 e. The van der Waals surface area contributed by atoms with Crippen molar-refractivity contribution in [2.45, 2.75) is 63.4 Å². The first-order valence-corrected chi connectivity index (χ1v) is 14.0. The number of hydrogen-bond acceptors (Lipinski definition) is 4. The summed E-state index contributed by atoms with van der Waals surface area (Å²) in [5, 5.41) is 13.8. The van der Waals surface area contributed by atoms with Gasteiger partial charge in [0, 0.05) is 33.6 Å². The zero-order valence-corrected chi connectivity index (χ0v) is 23.8. The van der Waals surface area contributed by atoms with E-state index in [0.29, 0.717) is 27.9 Å². The van der Waals surface area contributed by atoms with Crippen LogP contribution >= 0.6 is 0 Å². The van der Waals surface area contributed by atoms with Crippen LogP contribution in [0.25, 0.3) is 11.6 Å². The lowest BCUT2D eigenvalue weighted by Gasteiger charge is -2.28. The Bertz CT molecular complexity index is 1590. The SMILES string of the molecule is CC(C)(C)c1cc(C=C2C(=O)Nc3ccc(S(=O)(=O)Nc4ccc(C(F)(F)F)cc4)cc32)cc(C(C)(C)C)c1O. The fourth-order valence-electron chi connectivity index (χ4n) is 4.47. The van der Waals surface area contributed by atoms with Crippen molar-refractivity contribution in [1.82, 2.24) is 0 Å². The number of fused-ring (bicyclic) bond motifs is 1. The minimum absolute atomic E-state index is 0.0352. The lowest BCUT2D eigenvalue weighted by Crippen LogP contribution is -2.17. The molecule has 3 aromatic carbocycles. The van der Waals surface area contributed by atoms with Crippen LogP contribution in [0.3, 0.4) is 0 Å². The second kappa shape index (κ2) is 9.69. The fraction of sp³-hybridized carbons (Fsp3) is 0.300. The van der Waals surface area contributed by atoms with Crippen molar-refractivity contribution in [2.75, 3.05) is 10.0 Å². The van der Waals surface area contributed by atoms with Crippen LogP contribution in [0.2, 0.25) is 0 Å². The van der Waals surface area contributed by atoms with Gasteiger partial charge in [0.25, 0.3) is 15.9 Å². The molecule has 0 spiro atoms. The number of sulfonamides is 1. The van der Waals surface area contributed by atoms with Crippen LogP contribution in [0.4, 0.5) is 24.5 Å². The van der Waals surface area contributed by atoms with Gasteiger partial charge < -0.3 is 10.4 Å². The topological polar surface area (TPSA) is 95.5 Å². The van der Waals surface area contributed by atoms with Gasteiger partial charge in [0.1, 0.15) is 5.75 Å². The van der Waals surface area contributed by atoms with Gasteiger partial charge in [-0.05, 0) is 77.1 Å². The maximum absolute atomic E-state index is 13.1. The molecule has 3 aromatic rings. The molecule has 1 amide bonds. The molecule has 4 rings (SSSR count). The molecule has 0 aromatic heterocycles. The number of carbonyl (C=O) groups excluding carboxylic acids is 1. The summed E-state index contributed by atoms with van der Waals surface area (Å²) < 4.78 is 67.1. The van der Waals surface area contributed by atoms with Crippen molar-refractivity contribution in [2.24, 2.45) is 0 Å². The highest BCUT2D eigenvalue weighted by Gasteiger charge is 2.31. The number of phenols is 1. The highest BCUT2D eigenvalue weighted by molar-refractivity contribution is 7.92. The van der Waals surface area contributed by atoms with Crippen molar-refractivity contribution < 1.29 is 31.5 Å². The molecule has 40 heavy (non-hydrogen) atoms. The van der Waals surface area contributed by atoms with Gasteiger partial charge in [-0.25, -0.2) is 8.42 Å². The Morgan fingerprint density at radius 1 is 0.850 bits per heavy atom. The van der Waals surface area contributed by atoms with E-state index >= 15 is 0 Å². The molecule has 0 atom stereocenters. The minimum Gasteiger partial charge on any atom is -0.507 e. The van der Waals surface area contributed by atoms with E-state index in [1.807, 2.05) is 53.7 Å². The molecular weight excluding hydrogens is 541 g/mol. The third-order valence-electron chi connectivity index (χ3n) is 6.61. The average molecular weight is 573 g/mol. The van der Waals surface area contributed by atoms with Crippen molar-refractivity contribution in [3.63, 3.8) is 0 Å². The number of halogens is 3. The van der Waals surface area contributed by atoms with Crippen LogP contribution in [-0.4, -0.2) is 19.4 Å². The summed E-state index contributed by atoms with van der Waals surface area (Å²) in [4.78, 5) is 12.8. The summed E-state index contributed by atoms with van der Waals surface area (Å²) in [6.07, 6.45) is -2.89. The Labute approximate surface area is 232 Å². The Morgan fingerprint density at radius 3 is 1.90 bits per heavy atom. The molecule has 3 N–H and O–H groups in total. The molecule has 10 heteroatoms. The van der Waals surface area contributed by atoms with E-state index in [9.17, 15) is 31.5 Å². The minimum atomic E-state index is -4.54. The summed E-state index contributed by atoms with van der Waals surface area (Å²) in [5.41, 5.74) is 1.41. The first kappa shape index (κ1) is 29.2. The lowest BCUT2D eigenvalue weighted by molar-refractivity contribution is -0.137. The molecule has 1 heterocycles. The van der Waals surface area contributed by atoms with Crippen LogP contribution in [-0.2, 0) is 31.8 Å². The lowest BCUT2D eigenvalue weighted by atomic mass is 9.78. The van der Waals surface area contributed by atoms with E-state index in [1.54, 1.807) is 6.08 Å². The maximum atomic E-state index is 13.1. The number of anilines is 2. The highest BCUT2D eigenvalue weighted by atomic mass is 32.2. The van der Waals surface area contributed by atoms with Crippen molar-refractivity contribution in [3.8, 4) is 5.75 Å². The summed E-state index contributed by atoms with van der Waals surface area (Å²) >= 11 is 0. The molecule has 0 radical (unpaired) electrons. The molecule has 6 nitrogen and oxygen atoms in total. The Hall–Kier alpha value is -3.79. The molecule has 1 aliphatic rings. The number of alkyl halides is 3. The highest BCUT2D eigenvalue weighted by Crippen LogP contribution is 2.42. The number of rotatable bonds is 4. The largest absolute Gasteiger partial charge is 0.507 e. The van der Waals surface area contributed by atoms with E-state index in [0.717, 1.165) is 24.3 Å². The molecule has 0 bridgehead atoms. The molecular formula is C30H31F3N2O4S. The van der Waals surface area contributed by atoms with E-state index in [2.05, 4.69) is 10.0 Å². The third-order valence-corrected chi connectivity index (χ3v) is 7.99. The number of carbonyl (C=O) groups is 1. The van der Waals surface area contributed by atoms with Gasteiger partial charge in [0.05, 0.1) is 10.5 Å². The quantitative estimate of drug-likeness (QED) is 0.286. The van der Waals surface area contributed by atoms with Crippen LogP contribution in [0.15, 0.2) is 59.5 Å². The summed E-state index contributed by atoms with van der Waals surface area (Å²) in [5.74, 6) is -0.218. The Balaban J connectivity index is 1.75. The normalized spacial score (nSPS) is 15.2.